The van der Waals surface area contributed by atoms with Crippen LogP contribution in [0.5, 0.6) is 0 Å². The number of halogens is 1. The quantitative estimate of drug-likeness (QED) is 0.516. The van der Waals surface area contributed by atoms with E-state index < -0.39 is 0 Å². The van der Waals surface area contributed by atoms with Gasteiger partial charge in [0, 0.05) is 43.0 Å². The lowest BCUT2D eigenvalue weighted by atomic mass is 10.2. The van der Waals surface area contributed by atoms with E-state index in [4.69, 9.17) is 9.47 Å². The molecular weight excluding hydrogens is 357 g/mol. The minimum absolute atomic E-state index is 0.0478. The summed E-state index contributed by atoms with van der Waals surface area (Å²) >= 11 is 2.21. The Balaban J connectivity index is 2.69. The second-order valence-electron chi connectivity index (χ2n) is 4.14. The SMILES string of the molecule is COCCCN(CCOC)C(=O)c1cccc(I)c1. The maximum Gasteiger partial charge on any atom is 0.253 e. The molecule has 4 nitrogen and oxygen atoms in total. The van der Waals surface area contributed by atoms with Gasteiger partial charge < -0.3 is 14.4 Å². The van der Waals surface area contributed by atoms with Crippen LogP contribution in [0.25, 0.3) is 0 Å². The summed E-state index contributed by atoms with van der Waals surface area (Å²) in [5.41, 5.74) is 0.723. The number of methoxy groups -OCH3 is 2. The predicted molar refractivity (Wildman–Crippen MR) is 83.4 cm³/mol. The van der Waals surface area contributed by atoms with Gasteiger partial charge >= 0.3 is 0 Å². The lowest BCUT2D eigenvalue weighted by molar-refractivity contribution is 0.0674. The molecule has 1 rings (SSSR count). The van der Waals surface area contributed by atoms with Crippen molar-refractivity contribution in [3.05, 3.63) is 33.4 Å². The van der Waals surface area contributed by atoms with Crippen LogP contribution in [0.15, 0.2) is 24.3 Å². The van der Waals surface area contributed by atoms with Gasteiger partial charge in [0.15, 0.2) is 0 Å². The van der Waals surface area contributed by atoms with Crippen LogP contribution in [0.3, 0.4) is 0 Å². The molecule has 19 heavy (non-hydrogen) atoms. The number of hydrogen-bond acceptors (Lipinski definition) is 3. The third-order valence-electron chi connectivity index (χ3n) is 2.70. The van der Waals surface area contributed by atoms with E-state index in [1.165, 1.54) is 0 Å². The molecule has 0 radical (unpaired) electrons. The van der Waals surface area contributed by atoms with Gasteiger partial charge in [0.25, 0.3) is 5.91 Å². The molecule has 0 aliphatic rings. The molecule has 0 bridgehead atoms. The predicted octanol–water partition coefficient (Wildman–Crippen LogP) is 2.42. The van der Waals surface area contributed by atoms with E-state index in [-0.39, 0.29) is 5.91 Å². The molecular formula is C14H20INO3. The number of benzene rings is 1. The van der Waals surface area contributed by atoms with Crippen molar-refractivity contribution in [3.63, 3.8) is 0 Å². The molecule has 0 saturated carbocycles. The van der Waals surface area contributed by atoms with E-state index in [9.17, 15) is 4.79 Å². The van der Waals surface area contributed by atoms with Crippen molar-refractivity contribution in [3.8, 4) is 0 Å². The highest BCUT2D eigenvalue weighted by Gasteiger charge is 2.15. The number of amides is 1. The first-order chi connectivity index (χ1) is 9.19. The van der Waals surface area contributed by atoms with Gasteiger partial charge in [-0.25, -0.2) is 0 Å². The first-order valence-corrected chi connectivity index (χ1v) is 7.29. The molecule has 1 amide bonds. The highest BCUT2D eigenvalue weighted by molar-refractivity contribution is 14.1. The fourth-order valence-corrected chi connectivity index (χ4v) is 2.26. The number of rotatable bonds is 8. The summed E-state index contributed by atoms with van der Waals surface area (Å²) in [6, 6.07) is 7.63. The number of ether oxygens (including phenoxy) is 2. The van der Waals surface area contributed by atoms with Crippen LogP contribution < -0.4 is 0 Å². The standard InChI is InChI=1S/C14H20INO3/c1-18-9-4-7-16(8-10-19-2)14(17)12-5-3-6-13(15)11-12/h3,5-6,11H,4,7-10H2,1-2H3. The third kappa shape index (κ3) is 5.88. The minimum atomic E-state index is 0.0478. The van der Waals surface area contributed by atoms with Crippen molar-refractivity contribution in [2.45, 2.75) is 6.42 Å². The summed E-state index contributed by atoms with van der Waals surface area (Å²) in [6.07, 6.45) is 0.829. The normalized spacial score (nSPS) is 10.5. The molecule has 0 atom stereocenters. The molecule has 0 fully saturated rings. The van der Waals surface area contributed by atoms with Gasteiger partial charge in [-0.05, 0) is 47.2 Å². The Hall–Kier alpha value is -0.660. The Kier molecular flexibility index (Phi) is 8.00. The van der Waals surface area contributed by atoms with Crippen LogP contribution >= 0.6 is 22.6 Å². The second-order valence-corrected chi connectivity index (χ2v) is 5.39. The van der Waals surface area contributed by atoms with Crippen LogP contribution in [0, 0.1) is 3.57 Å². The lowest BCUT2D eigenvalue weighted by Gasteiger charge is -2.22. The molecule has 0 unspecified atom stereocenters. The molecule has 0 N–H and O–H groups in total. The molecule has 0 spiro atoms. The minimum Gasteiger partial charge on any atom is -0.385 e. The molecule has 0 saturated heterocycles. The maximum atomic E-state index is 12.4. The molecule has 0 aliphatic heterocycles. The van der Waals surface area contributed by atoms with E-state index in [2.05, 4.69) is 22.6 Å². The number of carbonyl (C=O) groups excluding carboxylic acids is 1. The largest absolute Gasteiger partial charge is 0.385 e. The van der Waals surface area contributed by atoms with Gasteiger partial charge in [0.1, 0.15) is 0 Å². The molecule has 0 heterocycles. The van der Waals surface area contributed by atoms with Crippen LogP contribution in [0.2, 0.25) is 0 Å². The average Bonchev–Trinajstić information content (AvgIpc) is 2.42. The van der Waals surface area contributed by atoms with Crippen LogP contribution in [-0.4, -0.2) is 51.3 Å². The number of nitrogens with zero attached hydrogens (tertiary/aromatic N) is 1. The highest BCUT2D eigenvalue weighted by atomic mass is 127. The van der Waals surface area contributed by atoms with Crippen LogP contribution in [-0.2, 0) is 9.47 Å². The fourth-order valence-electron chi connectivity index (χ4n) is 1.72. The van der Waals surface area contributed by atoms with Crippen molar-refractivity contribution >= 4 is 28.5 Å². The first-order valence-electron chi connectivity index (χ1n) is 6.21. The summed E-state index contributed by atoms with van der Waals surface area (Å²) in [5.74, 6) is 0.0478. The fraction of sp³-hybridized carbons (Fsp3) is 0.500. The zero-order chi connectivity index (χ0) is 14.1. The molecule has 1 aromatic carbocycles. The van der Waals surface area contributed by atoms with Crippen molar-refractivity contribution in [1.82, 2.24) is 4.90 Å². The molecule has 1 aromatic rings. The summed E-state index contributed by atoms with van der Waals surface area (Å²) in [6.45, 7) is 2.48. The summed E-state index contributed by atoms with van der Waals surface area (Å²) < 4.78 is 11.2. The Labute approximate surface area is 128 Å². The molecule has 0 aromatic heterocycles. The highest BCUT2D eigenvalue weighted by Crippen LogP contribution is 2.11. The summed E-state index contributed by atoms with van der Waals surface area (Å²) in [5, 5.41) is 0. The van der Waals surface area contributed by atoms with E-state index in [1.54, 1.807) is 14.2 Å². The van der Waals surface area contributed by atoms with Gasteiger partial charge in [0.05, 0.1) is 6.61 Å². The average molecular weight is 377 g/mol. The number of hydrogen-bond donors (Lipinski definition) is 0. The van der Waals surface area contributed by atoms with Crippen molar-refractivity contribution in [1.29, 1.82) is 0 Å². The van der Waals surface area contributed by atoms with Crippen molar-refractivity contribution in [2.75, 3.05) is 40.5 Å². The summed E-state index contributed by atoms with van der Waals surface area (Å²) in [7, 11) is 3.31. The smallest absolute Gasteiger partial charge is 0.253 e. The second kappa shape index (κ2) is 9.28. The lowest BCUT2D eigenvalue weighted by Crippen LogP contribution is -2.35. The maximum absolute atomic E-state index is 12.4. The van der Waals surface area contributed by atoms with E-state index >= 15 is 0 Å². The Morgan fingerprint density at radius 1 is 1.21 bits per heavy atom. The first kappa shape index (κ1) is 16.4. The molecule has 5 heteroatoms. The third-order valence-corrected chi connectivity index (χ3v) is 3.37. The van der Waals surface area contributed by atoms with Gasteiger partial charge in [-0.15, -0.1) is 0 Å². The Morgan fingerprint density at radius 3 is 2.58 bits per heavy atom. The zero-order valence-corrected chi connectivity index (χ0v) is 13.6. The summed E-state index contributed by atoms with van der Waals surface area (Å²) in [4.78, 5) is 14.2. The van der Waals surface area contributed by atoms with Crippen molar-refractivity contribution in [2.24, 2.45) is 0 Å². The van der Waals surface area contributed by atoms with Crippen LogP contribution in [0.4, 0.5) is 0 Å². The van der Waals surface area contributed by atoms with Gasteiger partial charge in [-0.3, -0.25) is 4.79 Å². The number of carbonyl (C=O) groups is 1. The van der Waals surface area contributed by atoms with E-state index in [0.717, 1.165) is 15.6 Å². The Bertz CT molecular complexity index is 398. The molecule has 106 valence electrons. The Morgan fingerprint density at radius 2 is 1.95 bits per heavy atom. The van der Waals surface area contributed by atoms with Crippen LogP contribution in [0.1, 0.15) is 16.8 Å². The van der Waals surface area contributed by atoms with Crippen molar-refractivity contribution < 1.29 is 14.3 Å². The monoisotopic (exact) mass is 377 g/mol. The molecule has 0 aliphatic carbocycles. The van der Waals surface area contributed by atoms with E-state index in [0.29, 0.717) is 26.3 Å². The van der Waals surface area contributed by atoms with Gasteiger partial charge in [0.2, 0.25) is 0 Å². The van der Waals surface area contributed by atoms with Gasteiger partial charge in [-0.2, -0.15) is 0 Å². The van der Waals surface area contributed by atoms with E-state index in [1.807, 2.05) is 29.2 Å². The zero-order valence-electron chi connectivity index (χ0n) is 11.4. The van der Waals surface area contributed by atoms with Gasteiger partial charge in [-0.1, -0.05) is 6.07 Å². The topological polar surface area (TPSA) is 38.8 Å².